The van der Waals surface area contributed by atoms with Crippen molar-refractivity contribution < 1.29 is 32.2 Å². The molecular weight excluding hydrogens is 365 g/mol. The molecule has 1 aliphatic rings. The Balaban J connectivity index is 1.98. The predicted molar refractivity (Wildman–Crippen MR) is 92.6 cm³/mol. The molecule has 1 aromatic carbocycles. The molecule has 2 rings (SSSR count). The molecule has 0 radical (unpaired) electrons. The standard InChI is InChI=1S/C18H23F3N2O4/c1-2-25-10-11-27-17(22-12-15-4-3-9-26-15)23-16(24)13-5-7-14(8-6-13)18(19,20)21/h5-8,15H,2-4,9-12H2,1H3,(H,22,23,24)/t15-/m1/s1. The Labute approximate surface area is 155 Å². The first-order valence-corrected chi connectivity index (χ1v) is 8.75. The molecule has 1 saturated heterocycles. The van der Waals surface area contributed by atoms with Crippen LogP contribution in [0.5, 0.6) is 0 Å². The second-order valence-corrected chi connectivity index (χ2v) is 5.86. The Bertz CT molecular complexity index is 626. The summed E-state index contributed by atoms with van der Waals surface area (Å²) in [5.74, 6) is -0.605. The van der Waals surface area contributed by atoms with Gasteiger partial charge in [0.2, 0.25) is 0 Å². The highest BCUT2D eigenvalue weighted by atomic mass is 19.4. The third-order valence-electron chi connectivity index (χ3n) is 3.83. The average Bonchev–Trinajstić information content (AvgIpc) is 3.16. The lowest BCUT2D eigenvalue weighted by Gasteiger charge is -2.13. The summed E-state index contributed by atoms with van der Waals surface area (Å²) in [6, 6.07) is 3.92. The number of halogens is 3. The van der Waals surface area contributed by atoms with Crippen LogP contribution in [0.2, 0.25) is 0 Å². The third kappa shape index (κ3) is 7.18. The Kier molecular flexibility index (Phi) is 8.05. The van der Waals surface area contributed by atoms with Crippen molar-refractivity contribution in [3.05, 3.63) is 35.4 Å². The summed E-state index contributed by atoms with van der Waals surface area (Å²) in [7, 11) is 0. The number of benzene rings is 1. The van der Waals surface area contributed by atoms with E-state index >= 15 is 0 Å². The average molecular weight is 388 g/mol. The van der Waals surface area contributed by atoms with Crippen molar-refractivity contribution >= 4 is 11.9 Å². The molecular formula is C18H23F3N2O4. The van der Waals surface area contributed by atoms with Gasteiger partial charge in [0, 0.05) is 18.8 Å². The van der Waals surface area contributed by atoms with E-state index in [0.29, 0.717) is 26.4 Å². The van der Waals surface area contributed by atoms with E-state index in [1.165, 1.54) is 0 Å². The zero-order chi connectivity index (χ0) is 19.7. The van der Waals surface area contributed by atoms with Crippen molar-refractivity contribution in [3.8, 4) is 0 Å². The van der Waals surface area contributed by atoms with E-state index in [0.717, 1.165) is 37.1 Å². The van der Waals surface area contributed by atoms with Crippen LogP contribution >= 0.6 is 0 Å². The second kappa shape index (κ2) is 10.3. The molecule has 9 heteroatoms. The van der Waals surface area contributed by atoms with E-state index < -0.39 is 17.6 Å². The van der Waals surface area contributed by atoms with Gasteiger partial charge in [-0.15, -0.1) is 0 Å². The molecule has 1 N–H and O–H groups in total. The number of nitrogens with one attached hydrogen (secondary N) is 1. The number of hydrogen-bond acceptors (Lipinski definition) is 5. The van der Waals surface area contributed by atoms with Crippen LogP contribution in [0.4, 0.5) is 13.2 Å². The fourth-order valence-electron chi connectivity index (χ4n) is 2.42. The van der Waals surface area contributed by atoms with Crippen LogP contribution in [0, 0.1) is 0 Å². The number of nitrogens with zero attached hydrogens (tertiary/aromatic N) is 1. The molecule has 1 aliphatic heterocycles. The number of amides is 1. The van der Waals surface area contributed by atoms with Crippen molar-refractivity contribution in [2.75, 3.05) is 33.0 Å². The van der Waals surface area contributed by atoms with Gasteiger partial charge in [-0.1, -0.05) is 0 Å². The normalized spacial score (nSPS) is 17.8. The predicted octanol–water partition coefficient (Wildman–Crippen LogP) is 3.02. The molecule has 1 amide bonds. The Morgan fingerprint density at radius 1 is 1.30 bits per heavy atom. The number of carbonyl (C=O) groups excluding carboxylic acids is 1. The maximum Gasteiger partial charge on any atom is 0.416 e. The molecule has 1 atom stereocenters. The van der Waals surface area contributed by atoms with Crippen LogP contribution in [-0.4, -0.2) is 51.0 Å². The molecule has 0 aliphatic carbocycles. The van der Waals surface area contributed by atoms with Crippen LogP contribution < -0.4 is 5.32 Å². The van der Waals surface area contributed by atoms with Crippen LogP contribution in [0.25, 0.3) is 0 Å². The van der Waals surface area contributed by atoms with Gasteiger partial charge in [0.1, 0.15) is 6.61 Å². The van der Waals surface area contributed by atoms with Crippen LogP contribution in [0.15, 0.2) is 29.3 Å². The fourth-order valence-corrected chi connectivity index (χ4v) is 2.42. The van der Waals surface area contributed by atoms with E-state index in [1.54, 1.807) is 0 Å². The second-order valence-electron chi connectivity index (χ2n) is 5.86. The minimum absolute atomic E-state index is 0.00454. The molecule has 0 unspecified atom stereocenters. The minimum Gasteiger partial charge on any atom is -0.463 e. The van der Waals surface area contributed by atoms with Gasteiger partial charge in [0.05, 0.1) is 24.8 Å². The van der Waals surface area contributed by atoms with Gasteiger partial charge >= 0.3 is 6.18 Å². The van der Waals surface area contributed by atoms with Crippen LogP contribution in [-0.2, 0) is 20.4 Å². The maximum absolute atomic E-state index is 12.6. The van der Waals surface area contributed by atoms with Crippen molar-refractivity contribution in [3.63, 3.8) is 0 Å². The maximum atomic E-state index is 12.6. The summed E-state index contributed by atoms with van der Waals surface area (Å²) in [5.41, 5.74) is -0.750. The van der Waals surface area contributed by atoms with Gasteiger partial charge in [-0.25, -0.2) is 4.99 Å². The van der Waals surface area contributed by atoms with Crippen LogP contribution in [0.3, 0.4) is 0 Å². The topological polar surface area (TPSA) is 69.2 Å². The monoisotopic (exact) mass is 388 g/mol. The van der Waals surface area contributed by atoms with Gasteiger partial charge in [-0.3, -0.25) is 10.1 Å². The highest BCUT2D eigenvalue weighted by Crippen LogP contribution is 2.29. The number of carbonyl (C=O) groups is 1. The lowest BCUT2D eigenvalue weighted by Crippen LogP contribution is -2.34. The lowest BCUT2D eigenvalue weighted by molar-refractivity contribution is -0.137. The zero-order valence-corrected chi connectivity index (χ0v) is 15.1. The summed E-state index contributed by atoms with van der Waals surface area (Å²) in [6.07, 6.45) is -2.65. The van der Waals surface area contributed by atoms with Crippen molar-refractivity contribution in [1.82, 2.24) is 5.32 Å². The Hall–Kier alpha value is -2.13. The van der Waals surface area contributed by atoms with Gasteiger partial charge < -0.3 is 14.2 Å². The number of alkyl halides is 3. The van der Waals surface area contributed by atoms with Gasteiger partial charge in [0.25, 0.3) is 11.9 Å². The minimum atomic E-state index is -4.45. The van der Waals surface area contributed by atoms with Crippen molar-refractivity contribution in [2.24, 2.45) is 4.99 Å². The highest BCUT2D eigenvalue weighted by molar-refractivity contribution is 6.04. The quantitative estimate of drug-likeness (QED) is 0.443. The smallest absolute Gasteiger partial charge is 0.416 e. The summed E-state index contributed by atoms with van der Waals surface area (Å²) in [6.45, 7) is 3.90. The van der Waals surface area contributed by atoms with E-state index in [1.807, 2.05) is 6.92 Å². The van der Waals surface area contributed by atoms with Crippen LogP contribution in [0.1, 0.15) is 35.7 Å². The molecule has 150 valence electrons. The van der Waals surface area contributed by atoms with Gasteiger partial charge in [-0.05, 0) is 44.0 Å². The summed E-state index contributed by atoms with van der Waals surface area (Å²) in [5, 5.41) is 2.49. The first-order valence-electron chi connectivity index (χ1n) is 8.75. The molecule has 1 aromatic rings. The first-order chi connectivity index (χ1) is 12.9. The number of amidine groups is 1. The number of hydrogen-bond donors (Lipinski definition) is 1. The molecule has 0 bridgehead atoms. The molecule has 27 heavy (non-hydrogen) atoms. The Morgan fingerprint density at radius 2 is 2.04 bits per heavy atom. The van der Waals surface area contributed by atoms with Crippen molar-refractivity contribution in [1.29, 1.82) is 0 Å². The van der Waals surface area contributed by atoms with Crippen molar-refractivity contribution in [2.45, 2.75) is 32.0 Å². The number of aliphatic imine (C=N–C) groups is 1. The molecule has 0 saturated carbocycles. The van der Waals surface area contributed by atoms with Gasteiger partial charge in [-0.2, -0.15) is 13.2 Å². The summed E-state index contributed by atoms with van der Waals surface area (Å²) < 4.78 is 53.9. The molecule has 0 spiro atoms. The van der Waals surface area contributed by atoms with E-state index in [-0.39, 0.29) is 24.3 Å². The SMILES string of the molecule is CCOCCOC(=NC[C@H]1CCCO1)NC(=O)c1ccc(C(F)(F)F)cc1. The number of ether oxygens (including phenoxy) is 3. The molecule has 0 aromatic heterocycles. The largest absolute Gasteiger partial charge is 0.463 e. The molecule has 1 heterocycles. The fraction of sp³-hybridized carbons (Fsp3) is 0.556. The molecule has 6 nitrogen and oxygen atoms in total. The number of rotatable bonds is 7. The first kappa shape index (κ1) is 21.2. The van der Waals surface area contributed by atoms with E-state index in [2.05, 4.69) is 10.3 Å². The third-order valence-corrected chi connectivity index (χ3v) is 3.83. The summed E-state index contributed by atoms with van der Waals surface area (Å²) in [4.78, 5) is 16.5. The Morgan fingerprint density at radius 3 is 2.63 bits per heavy atom. The van der Waals surface area contributed by atoms with E-state index in [4.69, 9.17) is 14.2 Å². The highest BCUT2D eigenvalue weighted by Gasteiger charge is 2.30. The summed E-state index contributed by atoms with van der Waals surface area (Å²) >= 11 is 0. The zero-order valence-electron chi connectivity index (χ0n) is 15.1. The molecule has 1 fully saturated rings. The lowest BCUT2D eigenvalue weighted by atomic mass is 10.1. The van der Waals surface area contributed by atoms with E-state index in [9.17, 15) is 18.0 Å². The van der Waals surface area contributed by atoms with Gasteiger partial charge in [0.15, 0.2) is 0 Å².